The molecule has 2 amide bonds. The Kier molecular flexibility index (Phi) is 10.2. The Balaban J connectivity index is 1.41. The highest BCUT2D eigenvalue weighted by Gasteiger charge is 2.23. The van der Waals surface area contributed by atoms with Crippen molar-refractivity contribution in [1.82, 2.24) is 25.0 Å². The lowest BCUT2D eigenvalue weighted by molar-refractivity contribution is -0.120. The monoisotopic (exact) mass is 615 g/mol. The second-order valence-corrected chi connectivity index (χ2v) is 11.4. The Bertz CT molecular complexity index is 1790. The van der Waals surface area contributed by atoms with Crippen LogP contribution in [0.15, 0.2) is 65.8 Å². The quantitative estimate of drug-likeness (QED) is 0.101. The van der Waals surface area contributed by atoms with Gasteiger partial charge in [0.2, 0.25) is 5.91 Å². The van der Waals surface area contributed by atoms with Crippen LogP contribution in [0.4, 0.5) is 0 Å². The molecule has 10 nitrogen and oxygen atoms in total. The number of ether oxygens (including phenoxy) is 3. The van der Waals surface area contributed by atoms with E-state index in [4.69, 9.17) is 24.2 Å². The normalized spacial score (nSPS) is 12.0. The van der Waals surface area contributed by atoms with Gasteiger partial charge in [0, 0.05) is 37.8 Å². The molecule has 44 heavy (non-hydrogen) atoms. The van der Waals surface area contributed by atoms with E-state index in [9.17, 15) is 9.59 Å². The van der Waals surface area contributed by atoms with E-state index in [-0.39, 0.29) is 17.1 Å². The lowest BCUT2D eigenvalue weighted by atomic mass is 10.1. The minimum Gasteiger partial charge on any atom is -0.493 e. The van der Waals surface area contributed by atoms with Gasteiger partial charge in [0.25, 0.3) is 5.91 Å². The van der Waals surface area contributed by atoms with E-state index in [1.165, 1.54) is 11.8 Å². The van der Waals surface area contributed by atoms with Gasteiger partial charge in [-0.3, -0.25) is 14.0 Å². The van der Waals surface area contributed by atoms with Crippen molar-refractivity contribution in [3.05, 3.63) is 71.8 Å². The first kappa shape index (κ1) is 31.1. The molecule has 0 fully saturated rings. The summed E-state index contributed by atoms with van der Waals surface area (Å²) in [5, 5.41) is 7.14. The number of para-hydroxylation sites is 2. The molecule has 1 unspecified atom stereocenters. The molecule has 1 atom stereocenters. The number of carbonyl (C=O) groups excluding carboxylic acids is 2. The van der Waals surface area contributed by atoms with Crippen LogP contribution in [0.25, 0.3) is 27.6 Å². The maximum atomic E-state index is 13.2. The summed E-state index contributed by atoms with van der Waals surface area (Å²) in [6, 6.07) is 19.1. The minimum atomic E-state index is -0.352. The van der Waals surface area contributed by atoms with E-state index in [1.54, 1.807) is 33.5 Å². The highest BCUT2D eigenvalue weighted by Crippen LogP contribution is 2.32. The van der Waals surface area contributed by atoms with Gasteiger partial charge in [-0.15, -0.1) is 0 Å². The Morgan fingerprint density at radius 2 is 1.73 bits per heavy atom. The zero-order valence-corrected chi connectivity index (χ0v) is 26.2. The lowest BCUT2D eigenvalue weighted by Gasteiger charge is -2.16. The predicted molar refractivity (Wildman–Crippen MR) is 173 cm³/mol. The van der Waals surface area contributed by atoms with Crippen molar-refractivity contribution in [2.24, 2.45) is 0 Å². The van der Waals surface area contributed by atoms with Crippen LogP contribution < -0.4 is 20.1 Å². The van der Waals surface area contributed by atoms with Gasteiger partial charge in [0.05, 0.1) is 36.0 Å². The summed E-state index contributed by atoms with van der Waals surface area (Å²) in [5.41, 5.74) is 4.63. The standard InChI is InChI=1S/C33H37N5O5S/c1-5-29(32(40)34-16-8-18-41-2)44-33-37-25-20-22(12-13-23(25)30-36-24-9-6-7-10-26(24)38(30)33)31(39)35-17-15-21-11-14-27(42-3)28(19-21)43-4/h6-7,9-14,19-20,29H,5,8,15-18H2,1-4H3,(H,34,40)(H,35,39). The fourth-order valence-electron chi connectivity index (χ4n) is 5.04. The number of imidazole rings is 1. The van der Waals surface area contributed by atoms with E-state index in [0.717, 1.165) is 34.1 Å². The molecule has 3 aromatic carbocycles. The second-order valence-electron chi connectivity index (χ2n) is 10.2. The number of nitrogens with one attached hydrogen (secondary N) is 2. The number of fused-ring (bicyclic) bond motifs is 5. The lowest BCUT2D eigenvalue weighted by Crippen LogP contribution is -2.33. The third kappa shape index (κ3) is 6.74. The summed E-state index contributed by atoms with van der Waals surface area (Å²) in [7, 11) is 4.85. The highest BCUT2D eigenvalue weighted by molar-refractivity contribution is 8.00. The maximum absolute atomic E-state index is 13.2. The van der Waals surface area contributed by atoms with Gasteiger partial charge < -0.3 is 24.8 Å². The molecule has 230 valence electrons. The van der Waals surface area contributed by atoms with Crippen molar-refractivity contribution in [1.29, 1.82) is 0 Å². The van der Waals surface area contributed by atoms with Crippen molar-refractivity contribution < 1.29 is 23.8 Å². The topological polar surface area (TPSA) is 116 Å². The van der Waals surface area contributed by atoms with Gasteiger partial charge in [-0.1, -0.05) is 36.9 Å². The summed E-state index contributed by atoms with van der Waals surface area (Å²) < 4.78 is 17.8. The number of amides is 2. The number of hydrogen-bond donors (Lipinski definition) is 2. The van der Waals surface area contributed by atoms with Crippen molar-refractivity contribution in [2.45, 2.75) is 36.6 Å². The average Bonchev–Trinajstić information content (AvgIpc) is 3.45. The molecular weight excluding hydrogens is 578 g/mol. The zero-order valence-electron chi connectivity index (χ0n) is 25.4. The van der Waals surface area contributed by atoms with Crippen LogP contribution in [-0.4, -0.2) is 72.5 Å². The van der Waals surface area contributed by atoms with Crippen molar-refractivity contribution >= 4 is 51.2 Å². The molecule has 2 N–H and O–H groups in total. The molecule has 2 heterocycles. The third-order valence-electron chi connectivity index (χ3n) is 7.35. The van der Waals surface area contributed by atoms with Crippen LogP contribution in [0.2, 0.25) is 0 Å². The molecule has 0 aliphatic heterocycles. The first-order chi connectivity index (χ1) is 21.5. The summed E-state index contributed by atoms with van der Waals surface area (Å²) in [6.45, 7) is 3.57. The van der Waals surface area contributed by atoms with Crippen molar-refractivity contribution in [2.75, 3.05) is 41.0 Å². The van der Waals surface area contributed by atoms with Gasteiger partial charge in [-0.2, -0.15) is 0 Å². The average molecular weight is 616 g/mol. The first-order valence-corrected chi connectivity index (χ1v) is 15.5. The largest absolute Gasteiger partial charge is 0.493 e. The first-order valence-electron chi connectivity index (χ1n) is 14.6. The van der Waals surface area contributed by atoms with E-state index < -0.39 is 0 Å². The predicted octanol–water partition coefficient (Wildman–Crippen LogP) is 5.05. The molecular formula is C33H37N5O5S. The molecule has 2 aromatic heterocycles. The van der Waals surface area contributed by atoms with Gasteiger partial charge in [0.1, 0.15) is 5.65 Å². The molecule has 0 aliphatic carbocycles. The van der Waals surface area contributed by atoms with Crippen LogP contribution in [0.1, 0.15) is 35.7 Å². The van der Waals surface area contributed by atoms with Gasteiger partial charge in [-0.25, -0.2) is 9.97 Å². The number of hydrogen-bond acceptors (Lipinski definition) is 8. The molecule has 5 rings (SSSR count). The molecule has 5 aromatic rings. The SMILES string of the molecule is CCC(Sc1nc2cc(C(=O)NCCc3ccc(OC)c(OC)c3)ccc2c2nc3ccccc3n12)C(=O)NCCCOC. The number of rotatable bonds is 14. The van der Waals surface area contributed by atoms with E-state index in [1.807, 2.05) is 59.9 Å². The van der Waals surface area contributed by atoms with E-state index in [0.29, 0.717) is 60.3 Å². The highest BCUT2D eigenvalue weighted by atomic mass is 32.2. The number of thioether (sulfide) groups is 1. The Hall–Kier alpha value is -4.35. The smallest absolute Gasteiger partial charge is 0.251 e. The Morgan fingerprint density at radius 3 is 2.50 bits per heavy atom. The number of carbonyl (C=O) groups is 2. The summed E-state index contributed by atoms with van der Waals surface area (Å²) in [6.07, 6.45) is 2.00. The molecule has 0 saturated heterocycles. The summed E-state index contributed by atoms with van der Waals surface area (Å²) in [5.74, 6) is 1.07. The maximum Gasteiger partial charge on any atom is 0.251 e. The number of aromatic nitrogens is 3. The molecule has 0 aliphatic rings. The third-order valence-corrected chi connectivity index (χ3v) is 8.67. The number of benzene rings is 3. The minimum absolute atomic E-state index is 0.0457. The van der Waals surface area contributed by atoms with Crippen molar-refractivity contribution in [3.63, 3.8) is 0 Å². The van der Waals surface area contributed by atoms with Crippen LogP contribution >= 0.6 is 11.8 Å². The summed E-state index contributed by atoms with van der Waals surface area (Å²) >= 11 is 1.40. The van der Waals surface area contributed by atoms with Gasteiger partial charge in [0.15, 0.2) is 16.7 Å². The fourth-order valence-corrected chi connectivity index (χ4v) is 6.09. The van der Waals surface area contributed by atoms with Crippen LogP contribution in [0, 0.1) is 0 Å². The van der Waals surface area contributed by atoms with E-state index in [2.05, 4.69) is 10.6 Å². The van der Waals surface area contributed by atoms with E-state index >= 15 is 0 Å². The van der Waals surface area contributed by atoms with Gasteiger partial charge >= 0.3 is 0 Å². The van der Waals surface area contributed by atoms with Crippen molar-refractivity contribution in [3.8, 4) is 11.5 Å². The number of nitrogens with zero attached hydrogens (tertiary/aromatic N) is 3. The summed E-state index contributed by atoms with van der Waals surface area (Å²) in [4.78, 5) is 36.2. The second kappa shape index (κ2) is 14.4. The van der Waals surface area contributed by atoms with Crippen LogP contribution in [0.3, 0.4) is 0 Å². The molecule has 11 heteroatoms. The molecule has 0 bridgehead atoms. The zero-order chi connectivity index (χ0) is 31.1. The Labute approximate surface area is 260 Å². The Morgan fingerprint density at radius 1 is 0.909 bits per heavy atom. The fraction of sp³-hybridized carbons (Fsp3) is 0.333. The van der Waals surface area contributed by atoms with Gasteiger partial charge in [-0.05, 0) is 67.3 Å². The number of methoxy groups -OCH3 is 3. The van der Waals surface area contributed by atoms with Crippen LogP contribution in [-0.2, 0) is 16.0 Å². The van der Waals surface area contributed by atoms with Crippen LogP contribution in [0.5, 0.6) is 11.5 Å². The molecule has 0 saturated carbocycles. The molecule has 0 radical (unpaired) electrons. The molecule has 0 spiro atoms.